The van der Waals surface area contributed by atoms with Crippen molar-refractivity contribution in [2.24, 2.45) is 0 Å². The number of nitrogens with one attached hydrogen (secondary N) is 1. The maximum Gasteiger partial charge on any atom is 0.143 e. The van der Waals surface area contributed by atoms with E-state index in [1.165, 1.54) is 6.33 Å². The fraction of sp³-hybridized carbons (Fsp3) is 0.300. The van der Waals surface area contributed by atoms with Crippen LogP contribution < -0.4 is 4.90 Å². The van der Waals surface area contributed by atoms with Crippen molar-refractivity contribution in [3.63, 3.8) is 0 Å². The van der Waals surface area contributed by atoms with E-state index in [0.29, 0.717) is 6.54 Å². The number of aromatic nitrogens is 4. The molecule has 78 valence electrons. The van der Waals surface area contributed by atoms with Crippen LogP contribution in [-0.2, 0) is 6.54 Å². The monoisotopic (exact) mass is 203 g/mol. The summed E-state index contributed by atoms with van der Waals surface area (Å²) in [5.41, 5.74) is 2.14. The molecule has 2 rings (SSSR count). The van der Waals surface area contributed by atoms with Gasteiger partial charge in [-0.3, -0.25) is 10.1 Å². The molecule has 0 aliphatic carbocycles. The largest absolute Gasteiger partial charge is 0.367 e. The normalized spacial score (nSPS) is 10.3. The Balaban J connectivity index is 2.11. The Kier molecular flexibility index (Phi) is 2.62. The van der Waals surface area contributed by atoms with Crippen LogP contribution in [-0.4, -0.2) is 27.2 Å². The van der Waals surface area contributed by atoms with E-state index in [4.69, 9.17) is 0 Å². The zero-order valence-electron chi connectivity index (χ0n) is 8.81. The van der Waals surface area contributed by atoms with Gasteiger partial charge in [-0.15, -0.1) is 0 Å². The first kappa shape index (κ1) is 9.64. The van der Waals surface area contributed by atoms with Crippen molar-refractivity contribution < 1.29 is 0 Å². The maximum absolute atomic E-state index is 4.16. The molecular formula is C10H13N5. The van der Waals surface area contributed by atoms with E-state index in [0.717, 1.165) is 17.2 Å². The summed E-state index contributed by atoms with van der Waals surface area (Å²) in [6.07, 6.45) is 3.32. The first-order chi connectivity index (χ1) is 7.25. The molecule has 0 amide bonds. The van der Waals surface area contributed by atoms with Crippen molar-refractivity contribution in [3.05, 3.63) is 36.2 Å². The molecule has 0 aromatic carbocycles. The van der Waals surface area contributed by atoms with Crippen molar-refractivity contribution in [3.8, 4) is 0 Å². The Bertz CT molecular complexity index is 423. The zero-order valence-corrected chi connectivity index (χ0v) is 8.81. The van der Waals surface area contributed by atoms with E-state index in [1.807, 2.05) is 32.3 Å². The van der Waals surface area contributed by atoms with Crippen LogP contribution in [0.5, 0.6) is 0 Å². The van der Waals surface area contributed by atoms with E-state index in [9.17, 15) is 0 Å². The van der Waals surface area contributed by atoms with Gasteiger partial charge in [0.15, 0.2) is 0 Å². The zero-order chi connectivity index (χ0) is 10.7. The summed E-state index contributed by atoms with van der Waals surface area (Å²) in [6.45, 7) is 2.69. The van der Waals surface area contributed by atoms with Crippen molar-refractivity contribution in [1.82, 2.24) is 20.2 Å². The summed E-state index contributed by atoms with van der Waals surface area (Å²) in [7, 11) is 2.01. The molecule has 0 aliphatic rings. The number of aromatic amines is 1. The molecule has 5 nitrogen and oxygen atoms in total. The Labute approximate surface area is 88.2 Å². The van der Waals surface area contributed by atoms with Crippen LogP contribution in [0, 0.1) is 6.92 Å². The third kappa shape index (κ3) is 2.31. The average molecular weight is 203 g/mol. The van der Waals surface area contributed by atoms with Crippen LogP contribution in [0.3, 0.4) is 0 Å². The molecule has 0 saturated carbocycles. The first-order valence-corrected chi connectivity index (χ1v) is 4.74. The topological polar surface area (TPSA) is 57.7 Å². The first-order valence-electron chi connectivity index (χ1n) is 4.74. The highest BCUT2D eigenvalue weighted by Crippen LogP contribution is 2.13. The van der Waals surface area contributed by atoms with Gasteiger partial charge in [-0.25, -0.2) is 4.98 Å². The van der Waals surface area contributed by atoms with Crippen LogP contribution in [0.25, 0.3) is 0 Å². The van der Waals surface area contributed by atoms with Crippen LogP contribution >= 0.6 is 0 Å². The van der Waals surface area contributed by atoms with Gasteiger partial charge in [-0.05, 0) is 19.1 Å². The summed E-state index contributed by atoms with van der Waals surface area (Å²) in [6, 6.07) is 4.01. The number of hydrogen-bond donors (Lipinski definition) is 1. The van der Waals surface area contributed by atoms with Crippen molar-refractivity contribution in [2.45, 2.75) is 13.5 Å². The molecule has 0 unspecified atom stereocenters. The minimum Gasteiger partial charge on any atom is -0.367 e. The van der Waals surface area contributed by atoms with Crippen LogP contribution in [0.2, 0.25) is 0 Å². The number of aryl methyl sites for hydroxylation is 1. The molecule has 2 heterocycles. The van der Waals surface area contributed by atoms with Gasteiger partial charge in [0.1, 0.15) is 12.2 Å². The quantitative estimate of drug-likeness (QED) is 0.812. The van der Waals surface area contributed by atoms with Gasteiger partial charge in [-0.2, -0.15) is 5.10 Å². The molecule has 15 heavy (non-hydrogen) atoms. The molecular weight excluding hydrogens is 190 g/mol. The third-order valence-electron chi connectivity index (χ3n) is 2.17. The molecule has 1 N–H and O–H groups in total. The number of nitrogens with zero attached hydrogens (tertiary/aromatic N) is 4. The number of H-pyrrole nitrogens is 1. The second kappa shape index (κ2) is 4.08. The van der Waals surface area contributed by atoms with Crippen LogP contribution in [0.4, 0.5) is 5.69 Å². The molecule has 0 radical (unpaired) electrons. The van der Waals surface area contributed by atoms with Crippen molar-refractivity contribution in [2.75, 3.05) is 11.9 Å². The minimum atomic E-state index is 0.712. The van der Waals surface area contributed by atoms with Crippen LogP contribution in [0.15, 0.2) is 24.7 Å². The predicted molar refractivity (Wildman–Crippen MR) is 57.5 cm³/mol. The number of anilines is 1. The predicted octanol–water partition coefficient (Wildman–Crippen LogP) is 1.14. The van der Waals surface area contributed by atoms with Gasteiger partial charge in [-0.1, -0.05) is 0 Å². The Morgan fingerprint density at radius 3 is 2.93 bits per heavy atom. The lowest BCUT2D eigenvalue weighted by molar-refractivity contribution is 0.842. The molecule has 0 aliphatic heterocycles. The third-order valence-corrected chi connectivity index (χ3v) is 2.17. The highest BCUT2D eigenvalue weighted by Gasteiger charge is 2.03. The fourth-order valence-electron chi connectivity index (χ4n) is 1.39. The maximum atomic E-state index is 4.16. The summed E-state index contributed by atoms with van der Waals surface area (Å²) in [5, 5.41) is 6.65. The molecule has 0 fully saturated rings. The van der Waals surface area contributed by atoms with E-state index in [1.54, 1.807) is 0 Å². The Morgan fingerprint density at radius 1 is 1.40 bits per heavy atom. The minimum absolute atomic E-state index is 0.712. The van der Waals surface area contributed by atoms with Crippen molar-refractivity contribution in [1.29, 1.82) is 0 Å². The standard InChI is InChI=1S/C10H13N5/c1-8-5-9(3-4-11-8)15(2)6-10-12-7-13-14-10/h3-5,7H,6H2,1-2H3,(H,12,13,14). The number of hydrogen-bond acceptors (Lipinski definition) is 4. The van der Waals surface area contributed by atoms with E-state index >= 15 is 0 Å². The second-order valence-electron chi connectivity index (χ2n) is 3.44. The summed E-state index contributed by atoms with van der Waals surface area (Å²) in [4.78, 5) is 10.3. The SMILES string of the molecule is Cc1cc(N(C)Cc2ncn[nH]2)ccn1. The number of rotatable bonds is 3. The molecule has 2 aromatic heterocycles. The summed E-state index contributed by atoms with van der Waals surface area (Å²) in [5.74, 6) is 0.854. The average Bonchev–Trinajstić information content (AvgIpc) is 2.70. The summed E-state index contributed by atoms with van der Waals surface area (Å²) < 4.78 is 0. The molecule has 5 heteroatoms. The molecule has 0 saturated heterocycles. The number of pyridine rings is 1. The molecule has 2 aromatic rings. The van der Waals surface area contributed by atoms with E-state index in [-0.39, 0.29) is 0 Å². The lowest BCUT2D eigenvalue weighted by Crippen LogP contribution is -2.17. The second-order valence-corrected chi connectivity index (χ2v) is 3.44. The van der Waals surface area contributed by atoms with E-state index < -0.39 is 0 Å². The fourth-order valence-corrected chi connectivity index (χ4v) is 1.39. The van der Waals surface area contributed by atoms with Gasteiger partial charge >= 0.3 is 0 Å². The van der Waals surface area contributed by atoms with Gasteiger partial charge in [0, 0.05) is 24.6 Å². The van der Waals surface area contributed by atoms with Gasteiger partial charge < -0.3 is 4.90 Å². The smallest absolute Gasteiger partial charge is 0.143 e. The highest BCUT2D eigenvalue weighted by atomic mass is 15.2. The van der Waals surface area contributed by atoms with Gasteiger partial charge in [0.25, 0.3) is 0 Å². The summed E-state index contributed by atoms with van der Waals surface area (Å²) >= 11 is 0. The van der Waals surface area contributed by atoms with Crippen LogP contribution in [0.1, 0.15) is 11.5 Å². The lowest BCUT2D eigenvalue weighted by Gasteiger charge is -2.17. The Hall–Kier alpha value is -1.91. The lowest BCUT2D eigenvalue weighted by atomic mass is 10.3. The molecule has 0 bridgehead atoms. The van der Waals surface area contributed by atoms with Gasteiger partial charge in [0.2, 0.25) is 0 Å². The molecule has 0 atom stereocenters. The van der Waals surface area contributed by atoms with E-state index in [2.05, 4.69) is 25.1 Å². The molecule has 0 spiro atoms. The highest BCUT2D eigenvalue weighted by molar-refractivity contribution is 5.45. The Morgan fingerprint density at radius 2 is 2.27 bits per heavy atom. The van der Waals surface area contributed by atoms with Gasteiger partial charge in [0.05, 0.1) is 6.54 Å². The van der Waals surface area contributed by atoms with Crippen molar-refractivity contribution >= 4 is 5.69 Å².